The Hall–Kier alpha value is -4.00. The average Bonchev–Trinajstić information content (AvgIpc) is 3.41. The Bertz CT molecular complexity index is 1160. The van der Waals surface area contributed by atoms with Gasteiger partial charge in [0.2, 0.25) is 0 Å². The lowest BCUT2D eigenvalue weighted by Gasteiger charge is -2.09. The molecule has 13 heteroatoms. The van der Waals surface area contributed by atoms with Crippen LogP contribution in [0.1, 0.15) is 10.5 Å². The zero-order chi connectivity index (χ0) is 21.8. The number of tetrazole rings is 1. The van der Waals surface area contributed by atoms with E-state index in [2.05, 4.69) is 35.9 Å². The molecule has 2 aromatic heterocycles. The van der Waals surface area contributed by atoms with Crippen LogP contribution in [0.4, 0.5) is 29.7 Å². The average molecular weight is 447 g/mol. The van der Waals surface area contributed by atoms with Crippen molar-refractivity contribution in [3.63, 3.8) is 0 Å². The second kappa shape index (κ2) is 8.39. The Kier molecular flexibility index (Phi) is 5.49. The normalized spacial score (nSPS) is 11.2. The predicted octanol–water partition coefficient (Wildman–Crippen LogP) is 4.01. The maximum Gasteiger partial charge on any atom is 0.573 e. The molecular formula is C18H12F3N7O2S. The number of nitrogens with zero attached hydrogens (tertiary/aromatic N) is 5. The molecule has 158 valence electrons. The van der Waals surface area contributed by atoms with Crippen molar-refractivity contribution >= 4 is 33.8 Å². The number of thiazole rings is 1. The molecule has 0 aliphatic heterocycles. The lowest BCUT2D eigenvalue weighted by atomic mass is 10.2. The van der Waals surface area contributed by atoms with Crippen LogP contribution in [0.15, 0.2) is 60.2 Å². The molecule has 4 rings (SSSR count). The molecule has 0 radical (unpaired) electrons. The second-order valence-corrected chi connectivity index (χ2v) is 6.85. The van der Waals surface area contributed by atoms with E-state index in [4.69, 9.17) is 0 Å². The molecule has 0 spiro atoms. The summed E-state index contributed by atoms with van der Waals surface area (Å²) in [6, 6.07) is 12.1. The molecule has 2 N–H and O–H groups in total. The number of amides is 1. The van der Waals surface area contributed by atoms with Gasteiger partial charge in [0.1, 0.15) is 17.8 Å². The zero-order valence-electron chi connectivity index (χ0n) is 15.4. The third-order valence-corrected chi connectivity index (χ3v) is 4.57. The molecule has 31 heavy (non-hydrogen) atoms. The van der Waals surface area contributed by atoms with Gasteiger partial charge < -0.3 is 15.4 Å². The Morgan fingerprint density at radius 1 is 1.03 bits per heavy atom. The standard InChI is InChI=1S/C18H12F3N7O2S/c19-18(20,21)30-14-7-3-12(4-8-14)24-17-25-15(9-31-17)16(29)23-11-1-5-13(6-2-11)28-10-22-26-27-28/h1-10H,(H,23,29)(H,24,25). The topological polar surface area (TPSA) is 107 Å². The van der Waals surface area contributed by atoms with Crippen LogP contribution >= 0.6 is 11.3 Å². The van der Waals surface area contributed by atoms with E-state index >= 15 is 0 Å². The molecule has 2 aromatic carbocycles. The maximum atomic E-state index is 12.4. The molecule has 1 amide bonds. The van der Waals surface area contributed by atoms with Crippen molar-refractivity contribution in [3.05, 3.63) is 65.9 Å². The highest BCUT2D eigenvalue weighted by atomic mass is 32.1. The van der Waals surface area contributed by atoms with E-state index in [9.17, 15) is 18.0 Å². The minimum atomic E-state index is -4.75. The van der Waals surface area contributed by atoms with Crippen LogP contribution in [0.3, 0.4) is 0 Å². The van der Waals surface area contributed by atoms with Crippen molar-refractivity contribution in [2.24, 2.45) is 0 Å². The van der Waals surface area contributed by atoms with Crippen LogP contribution in [0.25, 0.3) is 5.69 Å². The summed E-state index contributed by atoms with van der Waals surface area (Å²) in [4.78, 5) is 16.6. The smallest absolute Gasteiger partial charge is 0.406 e. The van der Waals surface area contributed by atoms with Gasteiger partial charge in [0.05, 0.1) is 5.69 Å². The van der Waals surface area contributed by atoms with Gasteiger partial charge in [-0.1, -0.05) is 0 Å². The van der Waals surface area contributed by atoms with Gasteiger partial charge in [0.15, 0.2) is 5.13 Å². The van der Waals surface area contributed by atoms with Crippen LogP contribution in [0.5, 0.6) is 5.75 Å². The van der Waals surface area contributed by atoms with E-state index in [-0.39, 0.29) is 11.4 Å². The van der Waals surface area contributed by atoms with Crippen molar-refractivity contribution in [1.29, 1.82) is 0 Å². The molecule has 0 unspecified atom stereocenters. The third kappa shape index (κ3) is 5.33. The number of benzene rings is 2. The van der Waals surface area contributed by atoms with Crippen LogP contribution in [0, 0.1) is 0 Å². The number of aromatic nitrogens is 5. The molecule has 0 saturated heterocycles. The summed E-state index contributed by atoms with van der Waals surface area (Å²) < 4.78 is 41.9. The minimum absolute atomic E-state index is 0.189. The van der Waals surface area contributed by atoms with Crippen LogP contribution < -0.4 is 15.4 Å². The fourth-order valence-electron chi connectivity index (χ4n) is 2.47. The molecule has 0 fully saturated rings. The molecule has 9 nitrogen and oxygen atoms in total. The molecule has 0 aliphatic carbocycles. The first kappa shape index (κ1) is 20.3. The largest absolute Gasteiger partial charge is 0.573 e. The first-order valence-corrected chi connectivity index (χ1v) is 9.47. The van der Waals surface area contributed by atoms with Crippen molar-refractivity contribution in [2.75, 3.05) is 10.6 Å². The predicted molar refractivity (Wildman–Crippen MR) is 106 cm³/mol. The minimum Gasteiger partial charge on any atom is -0.406 e. The van der Waals surface area contributed by atoms with Gasteiger partial charge in [0, 0.05) is 16.8 Å². The number of anilines is 3. The van der Waals surface area contributed by atoms with E-state index in [1.807, 2.05) is 0 Å². The molecular weight excluding hydrogens is 435 g/mol. The number of hydrogen-bond donors (Lipinski definition) is 2. The monoisotopic (exact) mass is 447 g/mol. The fourth-order valence-corrected chi connectivity index (χ4v) is 3.18. The summed E-state index contributed by atoms with van der Waals surface area (Å²) in [5.74, 6) is -0.739. The van der Waals surface area contributed by atoms with E-state index in [0.29, 0.717) is 16.5 Å². The molecule has 0 bridgehead atoms. The quantitative estimate of drug-likeness (QED) is 0.460. The molecule has 2 heterocycles. The van der Waals surface area contributed by atoms with Crippen LogP contribution in [-0.4, -0.2) is 37.5 Å². The number of alkyl halides is 3. The fraction of sp³-hybridized carbons (Fsp3) is 0.0556. The molecule has 0 atom stereocenters. The summed E-state index contributed by atoms with van der Waals surface area (Å²) >= 11 is 1.18. The summed E-state index contributed by atoms with van der Waals surface area (Å²) in [6.07, 6.45) is -3.30. The van der Waals surface area contributed by atoms with Crippen molar-refractivity contribution in [1.82, 2.24) is 25.2 Å². The second-order valence-electron chi connectivity index (χ2n) is 5.99. The first-order valence-electron chi connectivity index (χ1n) is 8.59. The SMILES string of the molecule is O=C(Nc1ccc(-n2cnnn2)cc1)c1csc(Nc2ccc(OC(F)(F)F)cc2)n1. The van der Waals surface area contributed by atoms with Crippen LogP contribution in [-0.2, 0) is 0 Å². The van der Waals surface area contributed by atoms with Gasteiger partial charge in [-0.25, -0.2) is 9.67 Å². The van der Waals surface area contributed by atoms with Gasteiger partial charge in [-0.15, -0.1) is 29.6 Å². The molecule has 0 aliphatic rings. The zero-order valence-corrected chi connectivity index (χ0v) is 16.2. The summed E-state index contributed by atoms with van der Waals surface area (Å²) in [6.45, 7) is 0. The number of ether oxygens (including phenoxy) is 1. The van der Waals surface area contributed by atoms with Gasteiger partial charge in [0.25, 0.3) is 5.91 Å². The Morgan fingerprint density at radius 2 is 1.74 bits per heavy atom. The van der Waals surface area contributed by atoms with Crippen molar-refractivity contribution in [2.45, 2.75) is 6.36 Å². The maximum absolute atomic E-state index is 12.4. The number of rotatable bonds is 6. The third-order valence-electron chi connectivity index (χ3n) is 3.81. The van der Waals surface area contributed by atoms with Gasteiger partial charge in [-0.3, -0.25) is 4.79 Å². The Labute approximate surface area is 176 Å². The van der Waals surface area contributed by atoms with E-state index in [1.165, 1.54) is 46.6 Å². The highest BCUT2D eigenvalue weighted by Gasteiger charge is 2.30. The first-order chi connectivity index (χ1) is 14.9. The number of hydrogen-bond acceptors (Lipinski definition) is 8. The van der Waals surface area contributed by atoms with Gasteiger partial charge in [-0.2, -0.15) is 0 Å². The van der Waals surface area contributed by atoms with Crippen molar-refractivity contribution < 1.29 is 22.7 Å². The highest BCUT2D eigenvalue weighted by molar-refractivity contribution is 7.14. The van der Waals surface area contributed by atoms with Gasteiger partial charge >= 0.3 is 6.36 Å². The Morgan fingerprint density at radius 3 is 2.39 bits per heavy atom. The Balaban J connectivity index is 1.36. The van der Waals surface area contributed by atoms with Gasteiger partial charge in [-0.05, 0) is 59.0 Å². The highest BCUT2D eigenvalue weighted by Crippen LogP contribution is 2.26. The van der Waals surface area contributed by atoms with Crippen molar-refractivity contribution in [3.8, 4) is 11.4 Å². The summed E-state index contributed by atoms with van der Waals surface area (Å²) in [5.41, 5.74) is 1.97. The lowest BCUT2D eigenvalue weighted by molar-refractivity contribution is -0.274. The van der Waals surface area contributed by atoms with E-state index in [1.54, 1.807) is 29.6 Å². The summed E-state index contributed by atoms with van der Waals surface area (Å²) in [5, 5.41) is 18.5. The number of halogens is 3. The van der Waals surface area contributed by atoms with E-state index < -0.39 is 12.3 Å². The number of nitrogens with one attached hydrogen (secondary N) is 2. The molecule has 0 saturated carbocycles. The lowest BCUT2D eigenvalue weighted by Crippen LogP contribution is -2.16. The number of carbonyl (C=O) groups is 1. The van der Waals surface area contributed by atoms with E-state index in [0.717, 1.165) is 5.69 Å². The van der Waals surface area contributed by atoms with Crippen LogP contribution in [0.2, 0.25) is 0 Å². The molecule has 4 aromatic rings. The number of carbonyl (C=O) groups excluding carboxylic acids is 1. The summed E-state index contributed by atoms with van der Waals surface area (Å²) in [7, 11) is 0.